The van der Waals surface area contributed by atoms with Crippen molar-refractivity contribution in [1.82, 2.24) is 0 Å². The van der Waals surface area contributed by atoms with Crippen LogP contribution in [-0.4, -0.2) is 16.7 Å². The van der Waals surface area contributed by atoms with E-state index >= 15 is 0 Å². The molecule has 4 fully saturated rings. The van der Waals surface area contributed by atoms with E-state index in [0.717, 1.165) is 32.1 Å². The number of rotatable bonds is 6. The minimum atomic E-state index is -0.590. The monoisotopic (exact) mass is 342 g/mol. The predicted molar refractivity (Wildman–Crippen MR) is 97.4 cm³/mol. The number of benzene rings is 1. The highest BCUT2D eigenvalue weighted by molar-refractivity contribution is 5.75. The number of carboxylic acids is 1. The highest BCUT2D eigenvalue weighted by Crippen LogP contribution is 2.63. The summed E-state index contributed by atoms with van der Waals surface area (Å²) in [5, 5.41) is 9.83. The molecule has 25 heavy (non-hydrogen) atoms. The molecule has 4 aliphatic carbocycles. The maximum absolute atomic E-state index is 11.9. The summed E-state index contributed by atoms with van der Waals surface area (Å²) in [6.07, 6.45) is 6.93. The van der Waals surface area contributed by atoms with Crippen molar-refractivity contribution >= 4 is 5.97 Å². The molecule has 136 valence electrons. The molecule has 4 bridgehead atoms. The Labute approximate surface area is 150 Å². The van der Waals surface area contributed by atoms with Crippen LogP contribution in [0.2, 0.25) is 0 Å². The van der Waals surface area contributed by atoms with E-state index in [0.29, 0.717) is 30.8 Å². The van der Waals surface area contributed by atoms with Crippen molar-refractivity contribution < 1.29 is 14.6 Å². The lowest BCUT2D eigenvalue weighted by molar-refractivity contribution is -0.210. The zero-order valence-corrected chi connectivity index (χ0v) is 15.5. The lowest BCUT2D eigenvalue weighted by Gasteiger charge is -2.60. The normalized spacial score (nSPS) is 37.2. The lowest BCUT2D eigenvalue weighted by Crippen LogP contribution is -2.59. The second-order valence-corrected chi connectivity index (χ2v) is 9.07. The van der Waals surface area contributed by atoms with Crippen LogP contribution in [0, 0.1) is 17.3 Å². The zero-order valence-electron chi connectivity index (χ0n) is 15.5. The number of carboxylic acid groups (broad SMARTS) is 1. The summed E-state index contributed by atoms with van der Waals surface area (Å²) in [5.74, 6) is 1.09. The quantitative estimate of drug-likeness (QED) is 0.778. The fraction of sp³-hybridized carbons (Fsp3) is 0.682. The second kappa shape index (κ2) is 6.12. The van der Waals surface area contributed by atoms with Gasteiger partial charge in [-0.3, -0.25) is 4.79 Å². The fourth-order valence-corrected chi connectivity index (χ4v) is 6.01. The van der Waals surface area contributed by atoms with E-state index in [1.54, 1.807) is 0 Å². The van der Waals surface area contributed by atoms with Gasteiger partial charge in [0.2, 0.25) is 0 Å². The summed E-state index contributed by atoms with van der Waals surface area (Å²) in [5.41, 5.74) is 1.88. The Balaban J connectivity index is 1.46. The van der Waals surface area contributed by atoms with Crippen LogP contribution in [0.15, 0.2) is 24.3 Å². The SMILES string of the molecule is CCC(C)c1ccc(COC23CC4CC(C2)CC(C(=O)O)(C4)C3)cc1. The van der Waals surface area contributed by atoms with E-state index in [9.17, 15) is 9.90 Å². The Morgan fingerprint density at radius 2 is 1.84 bits per heavy atom. The third kappa shape index (κ3) is 3.01. The summed E-state index contributed by atoms with van der Waals surface area (Å²) >= 11 is 0. The maximum Gasteiger partial charge on any atom is 0.309 e. The zero-order chi connectivity index (χ0) is 17.7. The Morgan fingerprint density at radius 3 is 2.40 bits per heavy atom. The minimum absolute atomic E-state index is 0.197. The molecule has 0 spiro atoms. The van der Waals surface area contributed by atoms with Crippen molar-refractivity contribution in [1.29, 1.82) is 0 Å². The van der Waals surface area contributed by atoms with E-state index in [2.05, 4.69) is 38.1 Å². The van der Waals surface area contributed by atoms with Gasteiger partial charge in [0.1, 0.15) is 0 Å². The van der Waals surface area contributed by atoms with Gasteiger partial charge >= 0.3 is 5.97 Å². The van der Waals surface area contributed by atoms with Crippen molar-refractivity contribution in [2.45, 2.75) is 76.9 Å². The molecule has 0 aromatic heterocycles. The van der Waals surface area contributed by atoms with Gasteiger partial charge in [0.15, 0.2) is 0 Å². The topological polar surface area (TPSA) is 46.5 Å². The van der Waals surface area contributed by atoms with E-state index in [-0.39, 0.29) is 5.60 Å². The molecule has 3 atom stereocenters. The molecule has 3 unspecified atom stereocenters. The standard InChI is InChI=1S/C22H30O3/c1-3-15(2)19-6-4-16(5-7-19)13-25-22-11-17-8-18(12-22)10-21(9-17,14-22)20(23)24/h4-7,15,17-18H,3,8-14H2,1-2H3,(H,23,24). The third-order valence-electron chi connectivity index (χ3n) is 7.17. The lowest BCUT2D eigenvalue weighted by atomic mass is 9.48. The Morgan fingerprint density at radius 1 is 1.20 bits per heavy atom. The molecule has 0 radical (unpaired) electrons. The van der Waals surface area contributed by atoms with Crippen molar-refractivity contribution in [2.75, 3.05) is 0 Å². The van der Waals surface area contributed by atoms with Crippen molar-refractivity contribution in [3.63, 3.8) is 0 Å². The molecule has 1 aromatic rings. The number of hydrogen-bond donors (Lipinski definition) is 1. The van der Waals surface area contributed by atoms with Gasteiger partial charge in [-0.05, 0) is 73.8 Å². The summed E-state index contributed by atoms with van der Waals surface area (Å²) in [6, 6.07) is 8.78. The van der Waals surface area contributed by atoms with E-state index < -0.39 is 11.4 Å². The van der Waals surface area contributed by atoms with Crippen LogP contribution in [0.3, 0.4) is 0 Å². The van der Waals surface area contributed by atoms with Gasteiger partial charge in [0.25, 0.3) is 0 Å². The van der Waals surface area contributed by atoms with Crippen molar-refractivity contribution in [3.05, 3.63) is 35.4 Å². The first kappa shape index (κ1) is 17.1. The average Bonchev–Trinajstić information content (AvgIpc) is 2.58. The fourth-order valence-electron chi connectivity index (χ4n) is 6.01. The van der Waals surface area contributed by atoms with E-state index in [1.807, 2.05) is 0 Å². The van der Waals surface area contributed by atoms with E-state index in [4.69, 9.17) is 4.74 Å². The Hall–Kier alpha value is -1.35. The molecular formula is C22H30O3. The van der Waals surface area contributed by atoms with Crippen LogP contribution in [0.5, 0.6) is 0 Å². The first-order valence-electron chi connectivity index (χ1n) is 9.90. The van der Waals surface area contributed by atoms with Gasteiger partial charge in [-0.2, -0.15) is 0 Å². The van der Waals surface area contributed by atoms with Gasteiger partial charge in [-0.15, -0.1) is 0 Å². The minimum Gasteiger partial charge on any atom is -0.481 e. The molecule has 5 rings (SSSR count). The first-order valence-corrected chi connectivity index (χ1v) is 9.90. The van der Waals surface area contributed by atoms with Gasteiger partial charge in [0.05, 0.1) is 17.6 Å². The number of aliphatic carboxylic acids is 1. The molecule has 4 saturated carbocycles. The molecule has 1 N–H and O–H groups in total. The number of ether oxygens (including phenoxy) is 1. The molecule has 1 aromatic carbocycles. The van der Waals surface area contributed by atoms with Gasteiger partial charge in [0, 0.05) is 0 Å². The van der Waals surface area contributed by atoms with Gasteiger partial charge < -0.3 is 9.84 Å². The Bertz CT molecular complexity index is 634. The third-order valence-corrected chi connectivity index (χ3v) is 7.17. The van der Waals surface area contributed by atoms with Crippen LogP contribution >= 0.6 is 0 Å². The van der Waals surface area contributed by atoms with Gasteiger partial charge in [-0.1, -0.05) is 38.1 Å². The molecule has 3 heteroatoms. The molecule has 0 aliphatic heterocycles. The Kier molecular flexibility index (Phi) is 4.18. The van der Waals surface area contributed by atoms with E-state index in [1.165, 1.54) is 17.5 Å². The van der Waals surface area contributed by atoms with Crippen LogP contribution in [0.1, 0.15) is 75.8 Å². The maximum atomic E-state index is 11.9. The summed E-state index contributed by atoms with van der Waals surface area (Å²) in [7, 11) is 0. The predicted octanol–water partition coefficient (Wildman–Crippen LogP) is 5.14. The van der Waals surface area contributed by atoms with Gasteiger partial charge in [-0.25, -0.2) is 0 Å². The molecule has 4 aliphatic rings. The van der Waals surface area contributed by atoms with Crippen LogP contribution in [0.25, 0.3) is 0 Å². The number of carbonyl (C=O) groups is 1. The summed E-state index contributed by atoms with van der Waals surface area (Å²) in [6.45, 7) is 5.08. The molecule has 0 saturated heterocycles. The molecule has 0 amide bonds. The van der Waals surface area contributed by atoms with Crippen molar-refractivity contribution in [3.8, 4) is 0 Å². The highest BCUT2D eigenvalue weighted by Gasteiger charge is 2.61. The summed E-state index contributed by atoms with van der Waals surface area (Å²) in [4.78, 5) is 11.9. The van der Waals surface area contributed by atoms with Crippen molar-refractivity contribution in [2.24, 2.45) is 17.3 Å². The van der Waals surface area contributed by atoms with Crippen LogP contribution < -0.4 is 0 Å². The number of hydrogen-bond acceptors (Lipinski definition) is 2. The second-order valence-electron chi connectivity index (χ2n) is 9.07. The summed E-state index contributed by atoms with van der Waals surface area (Å²) < 4.78 is 6.47. The molecular weight excluding hydrogens is 312 g/mol. The first-order chi connectivity index (χ1) is 11.9. The van der Waals surface area contributed by atoms with Crippen LogP contribution in [-0.2, 0) is 16.1 Å². The highest BCUT2D eigenvalue weighted by atomic mass is 16.5. The molecule has 3 nitrogen and oxygen atoms in total. The average molecular weight is 342 g/mol. The largest absolute Gasteiger partial charge is 0.481 e. The van der Waals surface area contributed by atoms with Crippen LogP contribution in [0.4, 0.5) is 0 Å². The molecule has 0 heterocycles. The smallest absolute Gasteiger partial charge is 0.309 e.